The monoisotopic (exact) mass is 164 g/mol. The molecule has 62 valence electrons. The SMILES string of the molecule is N/C(N=O)=N/Nc1ccccc1. The topological polar surface area (TPSA) is 79.8 Å². The average Bonchev–Trinajstić information content (AvgIpc) is 2.16. The Hall–Kier alpha value is -1.91. The summed E-state index contributed by atoms with van der Waals surface area (Å²) in [5.74, 6) is -0.321. The number of para-hydroxylation sites is 1. The number of nitrogens with one attached hydrogen (secondary N) is 1. The number of nitrogens with two attached hydrogens (primary N) is 1. The van der Waals surface area contributed by atoms with Gasteiger partial charge in [-0.3, -0.25) is 5.43 Å². The van der Waals surface area contributed by atoms with Crippen LogP contribution in [0.2, 0.25) is 0 Å². The Bertz CT molecular complexity index is 283. The molecular weight excluding hydrogens is 156 g/mol. The van der Waals surface area contributed by atoms with E-state index in [1.54, 1.807) is 12.1 Å². The fourth-order valence-electron chi connectivity index (χ4n) is 0.655. The van der Waals surface area contributed by atoms with Crippen LogP contribution in [0.3, 0.4) is 0 Å². The predicted octanol–water partition coefficient (Wildman–Crippen LogP) is 1.09. The van der Waals surface area contributed by atoms with Crippen molar-refractivity contribution >= 4 is 11.6 Å². The molecule has 1 aromatic rings. The lowest BCUT2D eigenvalue weighted by Gasteiger charge is -1.96. The molecule has 12 heavy (non-hydrogen) atoms. The molecule has 0 unspecified atom stereocenters. The lowest BCUT2D eigenvalue weighted by molar-refractivity contribution is 1.28. The molecule has 5 nitrogen and oxygen atoms in total. The number of rotatable bonds is 2. The van der Waals surface area contributed by atoms with Crippen LogP contribution in [0.1, 0.15) is 0 Å². The summed E-state index contributed by atoms with van der Waals surface area (Å²) >= 11 is 0. The summed E-state index contributed by atoms with van der Waals surface area (Å²) in [6.07, 6.45) is 0. The first-order valence-corrected chi connectivity index (χ1v) is 3.30. The van der Waals surface area contributed by atoms with Gasteiger partial charge in [0.15, 0.2) is 0 Å². The minimum Gasteiger partial charge on any atom is -0.364 e. The molecular formula is C7H8N4O. The molecule has 0 aliphatic rings. The number of hydrogen-bond donors (Lipinski definition) is 2. The number of hydrazone groups is 1. The molecule has 1 aromatic carbocycles. The molecule has 0 amide bonds. The first-order valence-electron chi connectivity index (χ1n) is 3.30. The molecule has 0 heterocycles. The van der Waals surface area contributed by atoms with Crippen LogP contribution in [0, 0.1) is 4.91 Å². The summed E-state index contributed by atoms with van der Waals surface area (Å²) in [6.45, 7) is 0. The van der Waals surface area contributed by atoms with Crippen molar-refractivity contribution in [2.45, 2.75) is 0 Å². The quantitative estimate of drug-likeness (QED) is 0.297. The van der Waals surface area contributed by atoms with Crippen molar-refractivity contribution < 1.29 is 0 Å². The summed E-state index contributed by atoms with van der Waals surface area (Å²) in [4.78, 5) is 9.78. The van der Waals surface area contributed by atoms with Gasteiger partial charge in [-0.05, 0) is 12.1 Å². The van der Waals surface area contributed by atoms with Gasteiger partial charge in [0.1, 0.15) is 0 Å². The minimum absolute atomic E-state index is 0.321. The van der Waals surface area contributed by atoms with E-state index in [2.05, 4.69) is 15.7 Å². The van der Waals surface area contributed by atoms with E-state index in [0.29, 0.717) is 0 Å². The zero-order chi connectivity index (χ0) is 8.81. The number of nitrogens with zero attached hydrogens (tertiary/aromatic N) is 2. The molecule has 3 N–H and O–H groups in total. The maximum absolute atomic E-state index is 9.78. The zero-order valence-electron chi connectivity index (χ0n) is 6.27. The van der Waals surface area contributed by atoms with Gasteiger partial charge < -0.3 is 5.73 Å². The van der Waals surface area contributed by atoms with Crippen molar-refractivity contribution in [1.82, 2.24) is 0 Å². The highest BCUT2D eigenvalue weighted by Gasteiger charge is 1.88. The van der Waals surface area contributed by atoms with Crippen LogP contribution in [-0.2, 0) is 0 Å². The van der Waals surface area contributed by atoms with Crippen LogP contribution in [0.25, 0.3) is 0 Å². The van der Waals surface area contributed by atoms with Gasteiger partial charge in [-0.25, -0.2) is 0 Å². The van der Waals surface area contributed by atoms with Crippen LogP contribution in [0.15, 0.2) is 40.6 Å². The maximum atomic E-state index is 9.78. The Morgan fingerprint density at radius 2 is 2.00 bits per heavy atom. The molecule has 0 aromatic heterocycles. The lowest BCUT2D eigenvalue weighted by Crippen LogP contribution is -2.09. The van der Waals surface area contributed by atoms with E-state index in [-0.39, 0.29) is 5.96 Å². The van der Waals surface area contributed by atoms with Crippen molar-refractivity contribution in [3.8, 4) is 0 Å². The van der Waals surface area contributed by atoms with Crippen LogP contribution < -0.4 is 11.2 Å². The lowest BCUT2D eigenvalue weighted by atomic mass is 10.3. The summed E-state index contributed by atoms with van der Waals surface area (Å²) < 4.78 is 0. The number of hydrogen-bond acceptors (Lipinski definition) is 3. The van der Waals surface area contributed by atoms with Crippen molar-refractivity contribution in [2.75, 3.05) is 5.43 Å². The van der Waals surface area contributed by atoms with Crippen molar-refractivity contribution in [3.05, 3.63) is 35.2 Å². The summed E-state index contributed by atoms with van der Waals surface area (Å²) in [5, 5.41) is 5.90. The Balaban J connectivity index is 2.60. The van der Waals surface area contributed by atoms with Gasteiger partial charge in [-0.15, -0.1) is 10.0 Å². The fraction of sp³-hybridized carbons (Fsp3) is 0. The average molecular weight is 164 g/mol. The van der Waals surface area contributed by atoms with E-state index in [1.807, 2.05) is 18.2 Å². The van der Waals surface area contributed by atoms with Gasteiger partial charge in [-0.2, -0.15) is 0 Å². The first-order chi connectivity index (χ1) is 5.83. The molecule has 0 atom stereocenters. The molecule has 5 heteroatoms. The third kappa shape index (κ3) is 2.37. The maximum Gasteiger partial charge on any atom is 0.279 e. The van der Waals surface area contributed by atoms with E-state index in [0.717, 1.165) is 5.69 Å². The van der Waals surface area contributed by atoms with Gasteiger partial charge in [-0.1, -0.05) is 18.2 Å². The molecule has 0 fully saturated rings. The van der Waals surface area contributed by atoms with Gasteiger partial charge in [0.2, 0.25) is 0 Å². The summed E-state index contributed by atoms with van der Waals surface area (Å²) in [6, 6.07) is 9.13. The fourth-order valence-corrected chi connectivity index (χ4v) is 0.655. The normalized spacial score (nSPS) is 10.8. The van der Waals surface area contributed by atoms with E-state index < -0.39 is 0 Å². The Morgan fingerprint density at radius 3 is 2.58 bits per heavy atom. The third-order valence-corrected chi connectivity index (χ3v) is 1.17. The predicted molar refractivity (Wildman–Crippen MR) is 47.5 cm³/mol. The summed E-state index contributed by atoms with van der Waals surface area (Å²) in [7, 11) is 0. The van der Waals surface area contributed by atoms with Gasteiger partial charge in [0.05, 0.1) is 5.69 Å². The molecule has 0 spiro atoms. The number of anilines is 1. The molecule has 0 bridgehead atoms. The standard InChI is InChI=1S/C7H8N4O/c8-7(11-12)10-9-6-4-2-1-3-5-6/h1-5,9H,(H2,8,10). The molecule has 0 saturated heterocycles. The zero-order valence-corrected chi connectivity index (χ0v) is 6.27. The van der Waals surface area contributed by atoms with Crippen LogP contribution in [-0.4, -0.2) is 5.96 Å². The van der Waals surface area contributed by atoms with Crippen LogP contribution >= 0.6 is 0 Å². The molecule has 0 aliphatic carbocycles. The number of guanidine groups is 1. The Labute approximate surface area is 69.2 Å². The Kier molecular flexibility index (Phi) is 2.78. The highest BCUT2D eigenvalue weighted by molar-refractivity contribution is 5.79. The first kappa shape index (κ1) is 8.19. The highest BCUT2D eigenvalue weighted by Crippen LogP contribution is 2.03. The number of benzene rings is 1. The second kappa shape index (κ2) is 4.07. The smallest absolute Gasteiger partial charge is 0.279 e. The van der Waals surface area contributed by atoms with E-state index in [4.69, 9.17) is 5.73 Å². The molecule has 0 radical (unpaired) electrons. The van der Waals surface area contributed by atoms with Crippen molar-refractivity contribution in [1.29, 1.82) is 0 Å². The van der Waals surface area contributed by atoms with Crippen LogP contribution in [0.5, 0.6) is 0 Å². The molecule has 0 saturated carbocycles. The minimum atomic E-state index is -0.321. The van der Waals surface area contributed by atoms with Gasteiger partial charge >= 0.3 is 0 Å². The van der Waals surface area contributed by atoms with Gasteiger partial charge in [0.25, 0.3) is 5.96 Å². The number of nitroso groups, excluding NO2 is 1. The van der Waals surface area contributed by atoms with E-state index >= 15 is 0 Å². The third-order valence-electron chi connectivity index (χ3n) is 1.17. The highest BCUT2D eigenvalue weighted by atomic mass is 16.3. The Morgan fingerprint density at radius 1 is 1.33 bits per heavy atom. The van der Waals surface area contributed by atoms with Crippen molar-refractivity contribution in [3.63, 3.8) is 0 Å². The van der Waals surface area contributed by atoms with Crippen molar-refractivity contribution in [2.24, 2.45) is 16.0 Å². The van der Waals surface area contributed by atoms with E-state index in [9.17, 15) is 4.91 Å². The summed E-state index contributed by atoms with van der Waals surface area (Å²) in [5.41, 5.74) is 8.35. The second-order valence-electron chi connectivity index (χ2n) is 2.04. The largest absolute Gasteiger partial charge is 0.364 e. The van der Waals surface area contributed by atoms with E-state index in [1.165, 1.54) is 0 Å². The van der Waals surface area contributed by atoms with Gasteiger partial charge in [0, 0.05) is 5.18 Å². The molecule has 1 rings (SSSR count). The second-order valence-corrected chi connectivity index (χ2v) is 2.04. The molecule has 0 aliphatic heterocycles. The van der Waals surface area contributed by atoms with Crippen LogP contribution in [0.4, 0.5) is 5.69 Å².